The minimum absolute atomic E-state index is 0. The van der Waals surface area contributed by atoms with Gasteiger partial charge in [-0.15, -0.1) is 12.4 Å². The van der Waals surface area contributed by atoms with Crippen LogP contribution in [0, 0.1) is 12.8 Å². The summed E-state index contributed by atoms with van der Waals surface area (Å²) < 4.78 is 16.7. The van der Waals surface area contributed by atoms with Gasteiger partial charge in [-0.2, -0.15) is 0 Å². The number of carbonyl (C=O) groups excluding carboxylic acids is 1. The van der Waals surface area contributed by atoms with Crippen LogP contribution < -0.4 is 14.2 Å². The first kappa shape index (κ1) is 26.2. The van der Waals surface area contributed by atoms with Crippen molar-refractivity contribution in [3.63, 3.8) is 0 Å². The fraction of sp³-hybridized carbons (Fsp3) is 0.519. The Hall–Kier alpha value is -2.44. The third-order valence-corrected chi connectivity index (χ3v) is 6.74. The Labute approximate surface area is 209 Å². The minimum Gasteiger partial charge on any atom is -0.494 e. The van der Waals surface area contributed by atoms with Crippen LogP contribution in [0.5, 0.6) is 17.2 Å². The molecule has 186 valence electrons. The van der Waals surface area contributed by atoms with Crippen molar-refractivity contribution in [2.24, 2.45) is 5.92 Å². The molecule has 2 heterocycles. The fourth-order valence-electron chi connectivity index (χ4n) is 5.03. The van der Waals surface area contributed by atoms with E-state index in [4.69, 9.17) is 14.2 Å². The lowest BCUT2D eigenvalue weighted by molar-refractivity contribution is 0.0658. The van der Waals surface area contributed by atoms with E-state index in [-0.39, 0.29) is 18.3 Å². The molecule has 0 spiro atoms. The van der Waals surface area contributed by atoms with Crippen molar-refractivity contribution in [2.45, 2.75) is 32.6 Å². The zero-order valence-electron chi connectivity index (χ0n) is 20.5. The van der Waals surface area contributed by atoms with Crippen LogP contribution in [0.3, 0.4) is 0 Å². The molecular weight excluding hydrogens is 452 g/mol. The number of methoxy groups -OCH3 is 2. The highest BCUT2D eigenvalue weighted by Crippen LogP contribution is 2.33. The molecule has 1 amide bonds. The van der Waals surface area contributed by atoms with E-state index in [9.17, 15) is 4.79 Å². The number of rotatable bonds is 9. The second-order valence-electron chi connectivity index (χ2n) is 9.19. The first-order chi connectivity index (χ1) is 16.1. The Morgan fingerprint density at radius 3 is 2.62 bits per heavy atom. The molecule has 34 heavy (non-hydrogen) atoms. The maximum absolute atomic E-state index is 13.2. The van der Waals surface area contributed by atoms with Gasteiger partial charge < -0.3 is 24.0 Å². The maximum Gasteiger partial charge on any atom is 0.254 e. The predicted octanol–water partition coefficient (Wildman–Crippen LogP) is 4.61. The number of amides is 1. The van der Waals surface area contributed by atoms with E-state index in [1.807, 2.05) is 29.2 Å². The number of likely N-dealkylation sites (tertiary alicyclic amines) is 1. The lowest BCUT2D eigenvalue weighted by Gasteiger charge is -2.37. The van der Waals surface area contributed by atoms with Crippen molar-refractivity contribution in [3.05, 3.63) is 53.1 Å². The van der Waals surface area contributed by atoms with Crippen LogP contribution in [0.25, 0.3) is 0 Å². The van der Waals surface area contributed by atoms with Crippen molar-refractivity contribution in [2.75, 3.05) is 53.6 Å². The van der Waals surface area contributed by atoms with Crippen molar-refractivity contribution in [1.82, 2.24) is 9.80 Å². The van der Waals surface area contributed by atoms with Crippen molar-refractivity contribution >= 4 is 18.3 Å². The van der Waals surface area contributed by atoms with Crippen molar-refractivity contribution in [1.29, 1.82) is 0 Å². The minimum atomic E-state index is 0. The highest BCUT2D eigenvalue weighted by atomic mass is 35.5. The van der Waals surface area contributed by atoms with E-state index in [0.29, 0.717) is 17.4 Å². The first-order valence-electron chi connectivity index (χ1n) is 12.0. The molecule has 0 aromatic heterocycles. The Morgan fingerprint density at radius 2 is 1.85 bits per heavy atom. The summed E-state index contributed by atoms with van der Waals surface area (Å²) in [5.41, 5.74) is 3.02. The quantitative estimate of drug-likeness (QED) is 0.482. The van der Waals surface area contributed by atoms with Gasteiger partial charge in [0.05, 0.1) is 20.8 Å². The average Bonchev–Trinajstić information content (AvgIpc) is 2.83. The number of aryl methyl sites for hydroxylation is 1. The number of halogens is 1. The number of ether oxygens (including phenoxy) is 3. The molecule has 0 aliphatic carbocycles. The number of piperidine rings is 1. The molecule has 6 nitrogen and oxygen atoms in total. The summed E-state index contributed by atoms with van der Waals surface area (Å²) in [6.07, 6.45) is 4.23. The van der Waals surface area contributed by atoms with Crippen LogP contribution in [0.2, 0.25) is 0 Å². The zero-order chi connectivity index (χ0) is 23.2. The van der Waals surface area contributed by atoms with Gasteiger partial charge in [0.15, 0.2) is 11.5 Å². The summed E-state index contributed by atoms with van der Waals surface area (Å²) >= 11 is 0. The van der Waals surface area contributed by atoms with Crippen LogP contribution in [0.15, 0.2) is 36.4 Å². The molecule has 1 unspecified atom stereocenters. The van der Waals surface area contributed by atoms with Crippen LogP contribution in [-0.4, -0.2) is 69.3 Å². The van der Waals surface area contributed by atoms with Gasteiger partial charge in [0.25, 0.3) is 5.91 Å². The fourth-order valence-corrected chi connectivity index (χ4v) is 5.03. The van der Waals surface area contributed by atoms with Crippen LogP contribution in [0.1, 0.15) is 40.7 Å². The molecule has 1 atom stereocenters. The largest absolute Gasteiger partial charge is 0.494 e. The molecular formula is C27H37ClN2O4. The number of nitrogens with zero attached hydrogens (tertiary/aromatic N) is 2. The molecule has 0 radical (unpaired) electrons. The second-order valence-corrected chi connectivity index (χ2v) is 9.19. The van der Waals surface area contributed by atoms with Gasteiger partial charge in [0, 0.05) is 31.7 Å². The number of fused-ring (bicyclic) bond motifs is 1. The molecule has 0 saturated carbocycles. The van der Waals surface area contributed by atoms with Gasteiger partial charge in [-0.05, 0) is 80.5 Å². The van der Waals surface area contributed by atoms with Crippen LogP contribution >= 0.6 is 12.4 Å². The number of hydrogen-bond acceptors (Lipinski definition) is 5. The molecule has 2 aromatic carbocycles. The van der Waals surface area contributed by atoms with E-state index in [1.165, 1.54) is 18.4 Å². The van der Waals surface area contributed by atoms with E-state index < -0.39 is 0 Å². The van der Waals surface area contributed by atoms with Crippen molar-refractivity contribution < 1.29 is 19.0 Å². The molecule has 2 aliphatic heterocycles. The molecule has 2 aliphatic rings. The number of hydrogen-bond donors (Lipinski definition) is 0. The van der Waals surface area contributed by atoms with Gasteiger partial charge in [0.1, 0.15) is 5.75 Å². The summed E-state index contributed by atoms with van der Waals surface area (Å²) in [7, 11) is 3.24. The number of benzene rings is 2. The standard InChI is InChI=1S/C27H36N2O4.ClH/c1-20-7-4-9-23(15-20)33-14-6-12-28-11-5-8-21(18-28)19-29-13-10-22-16-25(31-2)26(32-3)17-24(22)27(29)30;/h4,7,9,15-17,21H,5-6,8,10-14,18-19H2,1-3H3;1H. The molecule has 1 saturated heterocycles. The van der Waals surface area contributed by atoms with E-state index in [1.54, 1.807) is 14.2 Å². The first-order valence-corrected chi connectivity index (χ1v) is 12.0. The Morgan fingerprint density at radius 1 is 1.06 bits per heavy atom. The lowest BCUT2D eigenvalue weighted by atomic mass is 9.94. The Bertz CT molecular complexity index is 968. The van der Waals surface area contributed by atoms with Crippen LogP contribution in [0.4, 0.5) is 0 Å². The summed E-state index contributed by atoms with van der Waals surface area (Å²) in [6, 6.07) is 12.0. The van der Waals surface area contributed by atoms with Gasteiger partial charge in [-0.3, -0.25) is 4.79 Å². The Kier molecular flexibility index (Phi) is 9.48. The van der Waals surface area contributed by atoms with Gasteiger partial charge in [-0.25, -0.2) is 0 Å². The van der Waals surface area contributed by atoms with Crippen LogP contribution in [-0.2, 0) is 6.42 Å². The predicted molar refractivity (Wildman–Crippen MR) is 137 cm³/mol. The highest BCUT2D eigenvalue weighted by Gasteiger charge is 2.29. The zero-order valence-corrected chi connectivity index (χ0v) is 21.4. The number of carbonyl (C=O) groups is 1. The summed E-state index contributed by atoms with van der Waals surface area (Å²) in [4.78, 5) is 17.8. The normalized spacial score (nSPS) is 18.1. The smallest absolute Gasteiger partial charge is 0.254 e. The van der Waals surface area contributed by atoms with E-state index >= 15 is 0 Å². The monoisotopic (exact) mass is 488 g/mol. The molecule has 2 aromatic rings. The van der Waals surface area contributed by atoms with Gasteiger partial charge >= 0.3 is 0 Å². The van der Waals surface area contributed by atoms with Gasteiger partial charge in [-0.1, -0.05) is 12.1 Å². The third kappa shape index (κ3) is 6.36. The highest BCUT2D eigenvalue weighted by molar-refractivity contribution is 5.97. The SMILES string of the molecule is COc1cc2c(cc1OC)C(=O)N(CC1CCCN(CCCOc3cccc(C)c3)C1)CC2.Cl. The molecule has 7 heteroatoms. The van der Waals surface area contributed by atoms with Crippen molar-refractivity contribution in [3.8, 4) is 17.2 Å². The maximum atomic E-state index is 13.2. The molecule has 0 bridgehead atoms. The average molecular weight is 489 g/mol. The topological polar surface area (TPSA) is 51.2 Å². The molecule has 0 N–H and O–H groups in total. The lowest BCUT2D eigenvalue weighted by Crippen LogP contribution is -2.45. The van der Waals surface area contributed by atoms with Gasteiger partial charge in [0.2, 0.25) is 0 Å². The second kappa shape index (κ2) is 12.3. The summed E-state index contributed by atoms with van der Waals surface area (Å²) in [6.45, 7) is 7.62. The summed E-state index contributed by atoms with van der Waals surface area (Å²) in [5.74, 6) is 2.88. The van der Waals surface area contributed by atoms with E-state index in [2.05, 4.69) is 24.0 Å². The third-order valence-electron chi connectivity index (χ3n) is 6.74. The summed E-state index contributed by atoms with van der Waals surface area (Å²) in [5, 5.41) is 0. The van der Waals surface area contributed by atoms with E-state index in [0.717, 1.165) is 69.0 Å². The Balaban J connectivity index is 0.00000324. The molecule has 4 rings (SSSR count). The molecule has 1 fully saturated rings.